The highest BCUT2D eigenvalue weighted by Gasteiger charge is 2.19. The topological polar surface area (TPSA) is 50.9 Å². The fourth-order valence-electron chi connectivity index (χ4n) is 3.01. The van der Waals surface area contributed by atoms with E-state index < -0.39 is 0 Å². The molecule has 0 bridgehead atoms. The van der Waals surface area contributed by atoms with Gasteiger partial charge in [-0.3, -0.25) is 0 Å². The Kier molecular flexibility index (Phi) is 3.35. The number of nitrogens with two attached hydrogens (primary N) is 1. The number of benzene rings is 1. The van der Waals surface area contributed by atoms with Gasteiger partial charge in [-0.05, 0) is 37.8 Å². The van der Waals surface area contributed by atoms with E-state index in [1.54, 1.807) is 11.3 Å². The fourth-order valence-corrected chi connectivity index (χ4v) is 3.87. The summed E-state index contributed by atoms with van der Waals surface area (Å²) in [6, 6.07) is 4.71. The Morgan fingerprint density at radius 3 is 3.00 bits per heavy atom. The summed E-state index contributed by atoms with van der Waals surface area (Å²) >= 11 is 1.70. The normalized spacial score (nSPS) is 23.7. The van der Waals surface area contributed by atoms with E-state index in [2.05, 4.69) is 29.4 Å². The van der Waals surface area contributed by atoms with Crippen LogP contribution >= 0.6 is 11.3 Å². The SMILES string of the molecule is Cc1nc2cc(NC3CCCC(C)C3)c(N)cc2s1. The maximum atomic E-state index is 6.16. The molecule has 2 unspecified atom stereocenters. The van der Waals surface area contributed by atoms with Crippen LogP contribution in [-0.4, -0.2) is 11.0 Å². The summed E-state index contributed by atoms with van der Waals surface area (Å²) in [6.07, 6.45) is 5.17. The lowest BCUT2D eigenvalue weighted by atomic mass is 9.87. The molecule has 3 rings (SSSR count). The second kappa shape index (κ2) is 5.00. The van der Waals surface area contributed by atoms with Crippen molar-refractivity contribution in [2.75, 3.05) is 11.1 Å². The van der Waals surface area contributed by atoms with Crippen molar-refractivity contribution >= 4 is 32.9 Å². The smallest absolute Gasteiger partial charge is 0.0907 e. The minimum atomic E-state index is 0.559. The highest BCUT2D eigenvalue weighted by molar-refractivity contribution is 7.18. The van der Waals surface area contributed by atoms with E-state index in [4.69, 9.17) is 5.73 Å². The van der Waals surface area contributed by atoms with Crippen molar-refractivity contribution < 1.29 is 0 Å². The Morgan fingerprint density at radius 1 is 1.37 bits per heavy atom. The molecule has 1 saturated carbocycles. The van der Waals surface area contributed by atoms with E-state index in [1.165, 1.54) is 30.4 Å². The summed E-state index contributed by atoms with van der Waals surface area (Å²) in [5, 5.41) is 4.72. The molecule has 0 radical (unpaired) electrons. The van der Waals surface area contributed by atoms with E-state index in [1.807, 2.05) is 6.92 Å². The second-order valence-corrected chi connectivity index (χ2v) is 6.99. The van der Waals surface area contributed by atoms with Crippen molar-refractivity contribution in [3.63, 3.8) is 0 Å². The van der Waals surface area contributed by atoms with Crippen LogP contribution in [0.4, 0.5) is 11.4 Å². The molecule has 1 aliphatic rings. The Labute approximate surface area is 118 Å². The minimum absolute atomic E-state index is 0.559. The van der Waals surface area contributed by atoms with Crippen LogP contribution in [0, 0.1) is 12.8 Å². The molecule has 19 heavy (non-hydrogen) atoms. The molecule has 0 saturated heterocycles. The van der Waals surface area contributed by atoms with E-state index >= 15 is 0 Å². The zero-order valence-electron chi connectivity index (χ0n) is 11.6. The quantitative estimate of drug-likeness (QED) is 0.808. The molecular formula is C15H21N3S. The van der Waals surface area contributed by atoms with Crippen molar-refractivity contribution in [3.05, 3.63) is 17.1 Å². The first kappa shape index (κ1) is 12.7. The summed E-state index contributed by atoms with van der Waals surface area (Å²) in [5.41, 5.74) is 9.12. The fraction of sp³-hybridized carbons (Fsp3) is 0.533. The molecule has 0 aliphatic heterocycles. The largest absolute Gasteiger partial charge is 0.397 e. The first-order valence-corrected chi connectivity index (χ1v) is 7.86. The highest BCUT2D eigenvalue weighted by atomic mass is 32.1. The van der Waals surface area contributed by atoms with Gasteiger partial charge in [0.25, 0.3) is 0 Å². The molecule has 102 valence electrons. The van der Waals surface area contributed by atoms with Crippen molar-refractivity contribution in [3.8, 4) is 0 Å². The molecule has 3 nitrogen and oxygen atoms in total. The summed E-state index contributed by atoms with van der Waals surface area (Å²) in [7, 11) is 0. The predicted octanol–water partition coefficient (Wildman–Crippen LogP) is 4.18. The van der Waals surface area contributed by atoms with Crippen molar-refractivity contribution in [1.82, 2.24) is 4.98 Å². The van der Waals surface area contributed by atoms with Crippen molar-refractivity contribution in [2.45, 2.75) is 45.6 Å². The average molecular weight is 275 g/mol. The molecular weight excluding hydrogens is 254 g/mol. The third kappa shape index (κ3) is 2.68. The zero-order valence-corrected chi connectivity index (χ0v) is 12.4. The Balaban J connectivity index is 1.85. The number of nitrogens with zero attached hydrogens (tertiary/aromatic N) is 1. The first-order chi connectivity index (χ1) is 9.11. The van der Waals surface area contributed by atoms with Gasteiger partial charge in [-0.1, -0.05) is 19.8 Å². The van der Waals surface area contributed by atoms with Gasteiger partial charge in [0.1, 0.15) is 0 Å². The zero-order chi connectivity index (χ0) is 13.4. The number of nitrogen functional groups attached to an aromatic ring is 1. The number of hydrogen-bond acceptors (Lipinski definition) is 4. The van der Waals surface area contributed by atoms with E-state index in [0.29, 0.717) is 6.04 Å². The number of aryl methyl sites for hydroxylation is 1. The molecule has 4 heteroatoms. The lowest BCUT2D eigenvalue weighted by molar-refractivity contribution is 0.359. The Bertz CT molecular complexity index is 590. The van der Waals surface area contributed by atoms with Gasteiger partial charge in [-0.15, -0.1) is 11.3 Å². The minimum Gasteiger partial charge on any atom is -0.397 e. The van der Waals surface area contributed by atoms with Gasteiger partial charge in [0.2, 0.25) is 0 Å². The van der Waals surface area contributed by atoms with E-state index in [9.17, 15) is 0 Å². The van der Waals surface area contributed by atoms with Crippen LogP contribution in [0.3, 0.4) is 0 Å². The standard InChI is InChI=1S/C15H21N3S/c1-9-4-3-5-11(6-9)18-13-8-14-15(7-12(13)16)19-10(2)17-14/h7-9,11,18H,3-6,16H2,1-2H3. The molecule has 2 aromatic rings. The maximum absolute atomic E-state index is 6.16. The molecule has 2 atom stereocenters. The number of rotatable bonds is 2. The van der Waals surface area contributed by atoms with Crippen LogP contribution < -0.4 is 11.1 Å². The third-order valence-corrected chi connectivity index (χ3v) is 4.90. The summed E-state index contributed by atoms with van der Waals surface area (Å²) in [6.45, 7) is 4.38. The monoisotopic (exact) mass is 275 g/mol. The summed E-state index contributed by atoms with van der Waals surface area (Å²) < 4.78 is 1.18. The van der Waals surface area contributed by atoms with Crippen molar-refractivity contribution in [2.24, 2.45) is 5.92 Å². The van der Waals surface area contributed by atoms with Crippen LogP contribution in [0.25, 0.3) is 10.2 Å². The average Bonchev–Trinajstić information content (AvgIpc) is 2.69. The molecule has 1 fully saturated rings. The molecule has 0 spiro atoms. The van der Waals surface area contributed by atoms with Crippen LogP contribution in [0.1, 0.15) is 37.6 Å². The van der Waals surface area contributed by atoms with E-state index in [0.717, 1.165) is 27.8 Å². The molecule has 1 heterocycles. The van der Waals surface area contributed by atoms with Gasteiger partial charge in [0.05, 0.1) is 26.6 Å². The third-order valence-electron chi connectivity index (χ3n) is 3.96. The number of anilines is 2. The Morgan fingerprint density at radius 2 is 2.21 bits per heavy atom. The van der Waals surface area contributed by atoms with Gasteiger partial charge in [-0.2, -0.15) is 0 Å². The van der Waals surface area contributed by atoms with Crippen LogP contribution in [-0.2, 0) is 0 Å². The molecule has 1 aromatic heterocycles. The van der Waals surface area contributed by atoms with Gasteiger partial charge < -0.3 is 11.1 Å². The highest BCUT2D eigenvalue weighted by Crippen LogP contribution is 2.32. The number of hydrogen-bond donors (Lipinski definition) is 2. The number of aromatic nitrogens is 1. The number of thiazole rings is 1. The first-order valence-electron chi connectivity index (χ1n) is 7.05. The lowest BCUT2D eigenvalue weighted by Crippen LogP contribution is -2.26. The summed E-state index contributed by atoms with van der Waals surface area (Å²) in [5.74, 6) is 0.817. The van der Waals surface area contributed by atoms with Gasteiger partial charge in [0.15, 0.2) is 0 Å². The number of nitrogens with one attached hydrogen (secondary N) is 1. The van der Waals surface area contributed by atoms with Crippen LogP contribution in [0.15, 0.2) is 12.1 Å². The van der Waals surface area contributed by atoms with E-state index in [-0.39, 0.29) is 0 Å². The predicted molar refractivity (Wildman–Crippen MR) is 83.8 cm³/mol. The molecule has 1 aromatic carbocycles. The van der Waals surface area contributed by atoms with Crippen LogP contribution in [0.2, 0.25) is 0 Å². The van der Waals surface area contributed by atoms with Crippen LogP contribution in [0.5, 0.6) is 0 Å². The van der Waals surface area contributed by atoms with Crippen molar-refractivity contribution in [1.29, 1.82) is 0 Å². The summed E-state index contributed by atoms with van der Waals surface area (Å²) in [4.78, 5) is 4.55. The molecule has 3 N–H and O–H groups in total. The molecule has 1 aliphatic carbocycles. The maximum Gasteiger partial charge on any atom is 0.0907 e. The molecule has 0 amide bonds. The van der Waals surface area contributed by atoms with Gasteiger partial charge in [0, 0.05) is 6.04 Å². The lowest BCUT2D eigenvalue weighted by Gasteiger charge is -2.28. The second-order valence-electron chi connectivity index (χ2n) is 5.75. The number of fused-ring (bicyclic) bond motifs is 1. The Hall–Kier alpha value is -1.29. The van der Waals surface area contributed by atoms with Gasteiger partial charge in [-0.25, -0.2) is 4.98 Å². The van der Waals surface area contributed by atoms with Gasteiger partial charge >= 0.3 is 0 Å².